The molecule has 9 nitrogen and oxygen atoms in total. The molecule has 0 fully saturated rings. The van der Waals surface area contributed by atoms with E-state index in [1.165, 1.54) is 37.4 Å². The summed E-state index contributed by atoms with van der Waals surface area (Å²) in [4.78, 5) is 23.0. The van der Waals surface area contributed by atoms with Crippen molar-refractivity contribution in [3.8, 4) is 17.0 Å². The van der Waals surface area contributed by atoms with E-state index in [4.69, 9.17) is 18.4 Å². The van der Waals surface area contributed by atoms with Crippen LogP contribution in [0.4, 0.5) is 27.4 Å². The van der Waals surface area contributed by atoms with Crippen molar-refractivity contribution in [1.29, 1.82) is 0 Å². The zero-order chi connectivity index (χ0) is 35.9. The number of hydrogen-bond acceptors (Lipinski definition) is 7. The summed E-state index contributed by atoms with van der Waals surface area (Å²) in [6, 6.07) is 3.23. The Morgan fingerprint density at radius 1 is 1.26 bits per heavy atom. The molecule has 0 atom stereocenters. The Balaban J connectivity index is 1.75. The number of halogens is 1. The lowest BCUT2D eigenvalue weighted by molar-refractivity contribution is -0.114. The van der Waals surface area contributed by atoms with Crippen molar-refractivity contribution >= 4 is 39.8 Å². The molecule has 0 unspecified atom stereocenters. The molecule has 4 rings (SSSR count). The van der Waals surface area contributed by atoms with Gasteiger partial charge in [-0.1, -0.05) is 24.7 Å². The van der Waals surface area contributed by atoms with E-state index < -0.39 is 38.3 Å². The molecule has 0 saturated heterocycles. The summed E-state index contributed by atoms with van der Waals surface area (Å²) < 4.78 is 99.6. The number of carbonyl (C=O) groups excluding carboxylic acids is 1. The van der Waals surface area contributed by atoms with E-state index in [0.717, 1.165) is 0 Å². The van der Waals surface area contributed by atoms with Gasteiger partial charge < -0.3 is 29.7 Å². The standard InChI is InChI=1S/C28H32FN7O2/c1-18(29)27(37)31-22-15-23(26(38-6)16-25(22)35(4)14-13-34(2)3)33-28-30-12-11-21(32-28)20-17-36(5)24-10-8-7-9-19(20)24/h7-12,15-17H,1,13-14H2,2-6H3,(H,31,37)(H,30,32,33)/i2D3,3D3,7D,8D,9D,10D. The van der Waals surface area contributed by atoms with E-state index >= 15 is 0 Å². The maximum absolute atomic E-state index is 13.8. The molecule has 0 bridgehead atoms. The fourth-order valence-electron chi connectivity index (χ4n) is 3.78. The molecule has 1 amide bonds. The third-order valence-electron chi connectivity index (χ3n) is 5.67. The second-order valence-electron chi connectivity index (χ2n) is 8.27. The zero-order valence-electron chi connectivity index (χ0n) is 30.9. The summed E-state index contributed by atoms with van der Waals surface area (Å²) in [5, 5.41) is 5.65. The smallest absolute Gasteiger partial charge is 0.283 e. The van der Waals surface area contributed by atoms with Crippen LogP contribution in [0.1, 0.15) is 13.7 Å². The zero-order valence-corrected chi connectivity index (χ0v) is 20.9. The number of ether oxygens (including phenoxy) is 1. The Bertz CT molecular complexity index is 1880. The molecule has 4 aromatic rings. The van der Waals surface area contributed by atoms with Gasteiger partial charge in [-0.15, -0.1) is 0 Å². The second-order valence-corrected chi connectivity index (χ2v) is 8.27. The van der Waals surface area contributed by atoms with Crippen LogP contribution in [0, 0.1) is 0 Å². The highest BCUT2D eigenvalue weighted by molar-refractivity contribution is 6.04. The van der Waals surface area contributed by atoms with Crippen molar-refractivity contribution in [3.63, 3.8) is 0 Å². The van der Waals surface area contributed by atoms with Crippen LogP contribution in [0.25, 0.3) is 22.2 Å². The Hall–Kier alpha value is -4.44. The largest absolute Gasteiger partial charge is 0.494 e. The molecule has 2 N–H and O–H groups in total. The van der Waals surface area contributed by atoms with Gasteiger partial charge in [-0.2, -0.15) is 0 Å². The summed E-state index contributed by atoms with van der Waals surface area (Å²) in [6.45, 7) is -3.37. The highest BCUT2D eigenvalue weighted by atomic mass is 19.1. The van der Waals surface area contributed by atoms with Crippen molar-refractivity contribution in [2.45, 2.75) is 0 Å². The number of anilines is 4. The molecule has 2 heterocycles. The monoisotopic (exact) mass is 527 g/mol. The van der Waals surface area contributed by atoms with E-state index in [1.54, 1.807) is 23.9 Å². The minimum absolute atomic E-state index is 0.0279. The molecule has 2 aromatic carbocycles. The SMILES string of the molecule is [2H]c1c([2H])c([2H])c2c(c(-c3ccnc(Nc4cc(NC(=O)C(=C)F)c(N(C)CCN(C([2H])([2H])[2H])C([2H])([2H])[2H])cc4OC)n3)cn2C)c1[2H]. The fourth-order valence-corrected chi connectivity index (χ4v) is 3.78. The number of aromatic nitrogens is 3. The first-order chi connectivity index (χ1) is 22.3. The first-order valence-electron chi connectivity index (χ1n) is 16.3. The number of likely N-dealkylation sites (N-methyl/N-ethyl adjacent to an activating group) is 2. The Kier molecular flexibility index (Phi) is 4.88. The highest BCUT2D eigenvalue weighted by Crippen LogP contribution is 2.38. The Morgan fingerprint density at radius 2 is 2.05 bits per heavy atom. The van der Waals surface area contributed by atoms with Crippen LogP contribution < -0.4 is 20.3 Å². The van der Waals surface area contributed by atoms with Crippen molar-refractivity contribution in [2.24, 2.45) is 7.05 Å². The Morgan fingerprint density at radius 3 is 2.79 bits per heavy atom. The number of carbonyl (C=O) groups is 1. The first-order valence-corrected chi connectivity index (χ1v) is 11.3. The normalized spacial score (nSPS) is 15.5. The van der Waals surface area contributed by atoms with Crippen LogP contribution in [0.2, 0.25) is 0 Å². The van der Waals surface area contributed by atoms with Gasteiger partial charge in [0.2, 0.25) is 5.95 Å². The number of methoxy groups -OCH3 is 1. The molecule has 0 aliphatic carbocycles. The maximum atomic E-state index is 13.8. The molecule has 0 saturated carbocycles. The van der Waals surface area contributed by atoms with Crippen LogP contribution in [0.5, 0.6) is 5.75 Å². The quantitative estimate of drug-likeness (QED) is 0.286. The van der Waals surface area contributed by atoms with Crippen LogP contribution in [0.3, 0.4) is 0 Å². The number of amides is 1. The van der Waals surface area contributed by atoms with Gasteiger partial charge in [-0.3, -0.25) is 4.79 Å². The first kappa shape index (κ1) is 16.4. The number of hydrogen-bond donors (Lipinski definition) is 2. The van der Waals surface area contributed by atoms with Crippen molar-refractivity contribution in [1.82, 2.24) is 19.4 Å². The summed E-state index contributed by atoms with van der Waals surface area (Å²) in [6.07, 6.45) is 3.06. The lowest BCUT2D eigenvalue weighted by Gasteiger charge is -2.26. The minimum atomic E-state index is -2.92. The van der Waals surface area contributed by atoms with Crippen LogP contribution >= 0.6 is 0 Å². The van der Waals surface area contributed by atoms with Crippen LogP contribution in [-0.4, -0.2) is 66.5 Å². The van der Waals surface area contributed by atoms with Gasteiger partial charge in [0.1, 0.15) is 5.75 Å². The molecule has 0 aliphatic rings. The molecule has 0 spiro atoms. The summed E-state index contributed by atoms with van der Waals surface area (Å²) in [5.41, 5.74) is 1.50. The van der Waals surface area contributed by atoms with Gasteiger partial charge in [0, 0.05) is 70.3 Å². The summed E-state index contributed by atoms with van der Waals surface area (Å²) in [7, 11) is 4.53. The molecule has 38 heavy (non-hydrogen) atoms. The van der Waals surface area contributed by atoms with E-state index in [-0.39, 0.29) is 58.8 Å². The molecule has 0 aliphatic heterocycles. The van der Waals surface area contributed by atoms with Crippen molar-refractivity contribution in [3.05, 3.63) is 67.2 Å². The third-order valence-corrected chi connectivity index (χ3v) is 5.67. The van der Waals surface area contributed by atoms with Gasteiger partial charge >= 0.3 is 0 Å². The average molecular weight is 528 g/mol. The summed E-state index contributed by atoms with van der Waals surface area (Å²) in [5.74, 6) is -2.23. The molecule has 10 heteroatoms. The number of aryl methyl sites for hydroxylation is 1. The van der Waals surface area contributed by atoms with Crippen molar-refractivity contribution in [2.75, 3.05) is 56.7 Å². The lowest BCUT2D eigenvalue weighted by Crippen LogP contribution is -2.29. The van der Waals surface area contributed by atoms with E-state index in [1.807, 2.05) is 0 Å². The van der Waals surface area contributed by atoms with Gasteiger partial charge in [-0.25, -0.2) is 14.4 Å². The van der Waals surface area contributed by atoms with Crippen LogP contribution in [0.15, 0.2) is 67.2 Å². The predicted octanol–water partition coefficient (Wildman–Crippen LogP) is 4.81. The second kappa shape index (κ2) is 11.3. The number of nitrogens with zero attached hydrogens (tertiary/aromatic N) is 5. The van der Waals surface area contributed by atoms with E-state index in [9.17, 15) is 9.18 Å². The number of fused-ring (bicyclic) bond motifs is 1. The molecular weight excluding hydrogens is 485 g/mol. The lowest BCUT2D eigenvalue weighted by atomic mass is 10.1. The molecule has 0 radical (unpaired) electrons. The minimum Gasteiger partial charge on any atom is -0.494 e. The summed E-state index contributed by atoms with van der Waals surface area (Å²) >= 11 is 0. The Labute approximate surface area is 235 Å². The van der Waals surface area contributed by atoms with Crippen molar-refractivity contribution < 1.29 is 27.6 Å². The maximum Gasteiger partial charge on any atom is 0.283 e. The van der Waals surface area contributed by atoms with Gasteiger partial charge in [0.05, 0.1) is 35.3 Å². The number of para-hydroxylation sites is 1. The molecular formula is C28H32FN7O2. The van der Waals surface area contributed by atoms with E-state index in [2.05, 4.69) is 27.2 Å². The topological polar surface area (TPSA) is 87.6 Å². The molecule has 2 aromatic heterocycles. The van der Waals surface area contributed by atoms with Gasteiger partial charge in [-0.05, 0) is 32.1 Å². The van der Waals surface area contributed by atoms with E-state index in [0.29, 0.717) is 21.7 Å². The fraction of sp³-hybridized carbons (Fsp3) is 0.250. The third kappa shape index (κ3) is 5.76. The predicted molar refractivity (Wildman–Crippen MR) is 151 cm³/mol. The van der Waals surface area contributed by atoms with Gasteiger partial charge in [0.25, 0.3) is 5.91 Å². The van der Waals surface area contributed by atoms with Gasteiger partial charge in [0.15, 0.2) is 5.83 Å². The van der Waals surface area contributed by atoms with Crippen LogP contribution in [-0.2, 0) is 11.8 Å². The number of benzene rings is 2. The number of rotatable bonds is 10. The molecule has 198 valence electrons. The number of nitrogens with one attached hydrogen (secondary N) is 2. The average Bonchev–Trinajstić information content (AvgIpc) is 3.34. The highest BCUT2D eigenvalue weighted by Gasteiger charge is 2.18.